The van der Waals surface area contributed by atoms with Gasteiger partial charge >= 0.3 is 0 Å². The Morgan fingerprint density at radius 2 is 2.00 bits per heavy atom. The van der Waals surface area contributed by atoms with E-state index in [2.05, 4.69) is 51.3 Å². The van der Waals surface area contributed by atoms with E-state index in [1.807, 2.05) is 4.90 Å². The third-order valence-electron chi connectivity index (χ3n) is 5.79. The molecule has 0 atom stereocenters. The number of carbonyl (C=O) groups excluding carboxylic acids is 1. The molecule has 1 saturated carbocycles. The summed E-state index contributed by atoms with van der Waals surface area (Å²) >= 11 is 1.44. The number of aryl methyl sites for hydroxylation is 1. The normalized spacial score (nSPS) is 18.0. The summed E-state index contributed by atoms with van der Waals surface area (Å²) in [4.78, 5) is 21.5. The van der Waals surface area contributed by atoms with Gasteiger partial charge in [-0.15, -0.1) is 5.10 Å². The van der Waals surface area contributed by atoms with Crippen LogP contribution < -0.4 is 4.90 Å². The molecule has 28 heavy (non-hydrogen) atoms. The van der Waals surface area contributed by atoms with Gasteiger partial charge in [0.05, 0.1) is 5.75 Å². The van der Waals surface area contributed by atoms with Crippen LogP contribution in [-0.2, 0) is 11.2 Å². The van der Waals surface area contributed by atoms with Crippen molar-refractivity contribution in [1.29, 1.82) is 0 Å². The summed E-state index contributed by atoms with van der Waals surface area (Å²) in [6, 6.07) is 8.56. The minimum Gasteiger partial charge on any atom is -0.368 e. The van der Waals surface area contributed by atoms with Gasteiger partial charge in [-0.25, -0.2) is 4.98 Å². The number of aromatic nitrogens is 3. The monoisotopic (exact) mass is 399 g/mol. The Hall–Kier alpha value is -2.02. The predicted molar refractivity (Wildman–Crippen MR) is 113 cm³/mol. The van der Waals surface area contributed by atoms with Crippen molar-refractivity contribution in [2.75, 3.05) is 36.8 Å². The topological polar surface area (TPSA) is 65.1 Å². The van der Waals surface area contributed by atoms with Crippen molar-refractivity contribution in [2.24, 2.45) is 5.92 Å². The van der Waals surface area contributed by atoms with Gasteiger partial charge < -0.3 is 9.80 Å². The molecule has 6 nitrogen and oxygen atoms in total. The van der Waals surface area contributed by atoms with E-state index in [0.29, 0.717) is 10.9 Å². The molecule has 7 heteroatoms. The summed E-state index contributed by atoms with van der Waals surface area (Å²) in [6.07, 6.45) is 6.27. The number of thioether (sulfide) groups is 1. The Morgan fingerprint density at radius 1 is 1.21 bits per heavy atom. The van der Waals surface area contributed by atoms with Crippen LogP contribution in [0.5, 0.6) is 0 Å². The lowest BCUT2D eigenvalue weighted by Gasteiger charge is -2.36. The highest BCUT2D eigenvalue weighted by Crippen LogP contribution is 2.27. The highest BCUT2D eigenvalue weighted by Gasteiger charge is 2.22. The zero-order chi connectivity index (χ0) is 19.3. The fourth-order valence-corrected chi connectivity index (χ4v) is 4.90. The zero-order valence-electron chi connectivity index (χ0n) is 16.6. The molecule has 1 N–H and O–H groups in total. The maximum Gasteiger partial charge on any atom is 0.233 e. The first kappa shape index (κ1) is 19.3. The van der Waals surface area contributed by atoms with Crippen LogP contribution in [0.25, 0.3) is 0 Å². The molecule has 1 aromatic heterocycles. The second-order valence-electron chi connectivity index (χ2n) is 7.91. The van der Waals surface area contributed by atoms with E-state index < -0.39 is 0 Å². The molecule has 4 rings (SSSR count). The maximum absolute atomic E-state index is 12.6. The summed E-state index contributed by atoms with van der Waals surface area (Å²) in [5.41, 5.74) is 2.52. The van der Waals surface area contributed by atoms with E-state index in [-0.39, 0.29) is 5.91 Å². The van der Waals surface area contributed by atoms with E-state index in [1.54, 1.807) is 0 Å². The first-order chi connectivity index (χ1) is 13.7. The minimum atomic E-state index is 0.177. The molecule has 1 amide bonds. The molecule has 2 aromatic rings. The van der Waals surface area contributed by atoms with Crippen molar-refractivity contribution in [3.63, 3.8) is 0 Å². The second-order valence-corrected chi connectivity index (χ2v) is 8.86. The van der Waals surface area contributed by atoms with Gasteiger partial charge in [-0.3, -0.25) is 9.89 Å². The number of carbonyl (C=O) groups is 1. The standard InChI is InChI=1S/C21H29N5OS/c1-16-5-4-8-18(13-16)25-9-11-26(12-10-25)20(27)15-28-21-22-19(23-24-21)14-17-6-2-3-7-17/h4-5,8,13,17H,2-3,6-7,9-12,14-15H2,1H3,(H,22,23,24). The quantitative estimate of drug-likeness (QED) is 0.755. The third kappa shape index (κ3) is 4.87. The molecule has 150 valence electrons. The summed E-state index contributed by atoms with van der Waals surface area (Å²) in [5.74, 6) is 2.30. The van der Waals surface area contributed by atoms with Gasteiger partial charge in [0.25, 0.3) is 0 Å². The van der Waals surface area contributed by atoms with E-state index >= 15 is 0 Å². The molecule has 0 unspecified atom stereocenters. The van der Waals surface area contributed by atoms with Crippen LogP contribution in [0.1, 0.15) is 37.1 Å². The van der Waals surface area contributed by atoms with Gasteiger partial charge in [-0.05, 0) is 30.5 Å². The van der Waals surface area contributed by atoms with Gasteiger partial charge in [0.2, 0.25) is 11.1 Å². The zero-order valence-corrected chi connectivity index (χ0v) is 17.4. The molecule has 1 aliphatic carbocycles. The van der Waals surface area contributed by atoms with Crippen LogP contribution in [0.3, 0.4) is 0 Å². The summed E-state index contributed by atoms with van der Waals surface area (Å²) in [7, 11) is 0. The van der Waals surface area contributed by atoms with Crippen molar-refractivity contribution in [2.45, 2.75) is 44.2 Å². The third-order valence-corrected chi connectivity index (χ3v) is 6.62. The molecule has 1 saturated heterocycles. The molecule has 2 aliphatic rings. The molecule has 2 fully saturated rings. The van der Waals surface area contributed by atoms with Gasteiger partial charge in [-0.1, -0.05) is 49.6 Å². The average Bonchev–Trinajstić information content (AvgIpc) is 3.39. The van der Waals surface area contributed by atoms with E-state index in [4.69, 9.17) is 0 Å². The Labute approximate surface area is 171 Å². The fraction of sp³-hybridized carbons (Fsp3) is 0.571. The Balaban J connectivity index is 1.22. The summed E-state index contributed by atoms with van der Waals surface area (Å²) in [6.45, 7) is 5.42. The van der Waals surface area contributed by atoms with Crippen LogP contribution in [0.2, 0.25) is 0 Å². The van der Waals surface area contributed by atoms with Gasteiger partial charge in [0.1, 0.15) is 5.82 Å². The number of anilines is 1. The largest absolute Gasteiger partial charge is 0.368 e. The van der Waals surface area contributed by atoms with Gasteiger partial charge in [0, 0.05) is 38.3 Å². The van der Waals surface area contributed by atoms with Crippen molar-refractivity contribution in [1.82, 2.24) is 20.1 Å². The van der Waals surface area contributed by atoms with Gasteiger partial charge in [0.15, 0.2) is 0 Å². The van der Waals surface area contributed by atoms with Crippen molar-refractivity contribution in [3.8, 4) is 0 Å². The highest BCUT2D eigenvalue weighted by atomic mass is 32.2. The highest BCUT2D eigenvalue weighted by molar-refractivity contribution is 7.99. The lowest BCUT2D eigenvalue weighted by molar-refractivity contribution is -0.128. The number of benzene rings is 1. The number of nitrogens with zero attached hydrogens (tertiary/aromatic N) is 4. The smallest absolute Gasteiger partial charge is 0.233 e. The van der Waals surface area contributed by atoms with E-state index in [1.165, 1.54) is 48.7 Å². The Bertz CT molecular complexity index is 794. The van der Waals surface area contributed by atoms with Crippen molar-refractivity contribution >= 4 is 23.4 Å². The number of amides is 1. The van der Waals surface area contributed by atoms with Crippen LogP contribution in [0, 0.1) is 12.8 Å². The van der Waals surface area contributed by atoms with Gasteiger partial charge in [-0.2, -0.15) is 0 Å². The molecular weight excluding hydrogens is 370 g/mol. The number of rotatable bonds is 6. The number of hydrogen-bond acceptors (Lipinski definition) is 5. The number of piperazine rings is 1. The first-order valence-electron chi connectivity index (χ1n) is 10.3. The van der Waals surface area contributed by atoms with E-state index in [0.717, 1.165) is 44.3 Å². The summed E-state index contributed by atoms with van der Waals surface area (Å²) in [5, 5.41) is 8.03. The number of hydrogen-bond donors (Lipinski definition) is 1. The molecule has 1 aromatic carbocycles. The average molecular weight is 400 g/mol. The first-order valence-corrected chi connectivity index (χ1v) is 11.3. The summed E-state index contributed by atoms with van der Waals surface area (Å²) < 4.78 is 0. The molecule has 2 heterocycles. The molecular formula is C21H29N5OS. The number of H-pyrrole nitrogens is 1. The fourth-order valence-electron chi connectivity index (χ4n) is 4.18. The number of nitrogens with one attached hydrogen (secondary N) is 1. The van der Waals surface area contributed by atoms with Crippen molar-refractivity contribution < 1.29 is 4.79 Å². The Kier molecular flexibility index (Phi) is 6.20. The van der Waals surface area contributed by atoms with E-state index in [9.17, 15) is 4.79 Å². The lowest BCUT2D eigenvalue weighted by atomic mass is 10.0. The minimum absolute atomic E-state index is 0.177. The Morgan fingerprint density at radius 3 is 2.75 bits per heavy atom. The molecule has 0 bridgehead atoms. The van der Waals surface area contributed by atoms with Crippen molar-refractivity contribution in [3.05, 3.63) is 35.7 Å². The van der Waals surface area contributed by atoms with Crippen LogP contribution in [-0.4, -0.2) is 57.9 Å². The maximum atomic E-state index is 12.6. The lowest BCUT2D eigenvalue weighted by Crippen LogP contribution is -2.49. The van der Waals surface area contributed by atoms with Crippen LogP contribution in [0.4, 0.5) is 5.69 Å². The predicted octanol–water partition coefficient (Wildman–Crippen LogP) is 3.29. The molecule has 0 radical (unpaired) electrons. The number of aromatic amines is 1. The molecule has 0 spiro atoms. The van der Waals surface area contributed by atoms with Crippen LogP contribution in [0.15, 0.2) is 29.4 Å². The molecule has 1 aliphatic heterocycles. The van der Waals surface area contributed by atoms with Crippen LogP contribution >= 0.6 is 11.8 Å². The SMILES string of the molecule is Cc1cccc(N2CCN(C(=O)CSc3n[nH]c(CC4CCCC4)n3)CC2)c1. The second kappa shape index (κ2) is 8.99.